The second-order valence-corrected chi connectivity index (χ2v) is 3.91. The largest absolute Gasteiger partial charge is 0.391 e. The Labute approximate surface area is 107 Å². The number of aliphatic hydroxyl groups excluding tert-OH is 1. The molecule has 0 spiro atoms. The van der Waals surface area contributed by atoms with Crippen LogP contribution in [0.2, 0.25) is 0 Å². The van der Waals surface area contributed by atoms with Crippen LogP contribution in [0, 0.1) is 0 Å². The molecule has 1 unspecified atom stereocenters. The van der Waals surface area contributed by atoms with E-state index in [0.29, 0.717) is 12.0 Å². The van der Waals surface area contributed by atoms with E-state index in [1.165, 1.54) is 0 Å². The number of rotatable bonds is 5. The van der Waals surface area contributed by atoms with Crippen molar-refractivity contribution in [3.05, 3.63) is 48.2 Å². The fourth-order valence-electron chi connectivity index (χ4n) is 1.41. The van der Waals surface area contributed by atoms with Crippen LogP contribution >= 0.6 is 0 Å². The molecule has 5 nitrogen and oxygen atoms in total. The van der Waals surface area contributed by atoms with Gasteiger partial charge in [0.2, 0.25) is 5.90 Å². The van der Waals surface area contributed by atoms with Gasteiger partial charge in [0.25, 0.3) is 0 Å². The fourth-order valence-corrected chi connectivity index (χ4v) is 1.41. The summed E-state index contributed by atoms with van der Waals surface area (Å²) in [7, 11) is 0. The third kappa shape index (κ3) is 3.66. The van der Waals surface area contributed by atoms with Crippen LogP contribution in [0.1, 0.15) is 18.9 Å². The molecule has 0 aliphatic carbocycles. The van der Waals surface area contributed by atoms with Gasteiger partial charge < -0.3 is 15.7 Å². The van der Waals surface area contributed by atoms with Crippen LogP contribution in [0.15, 0.2) is 47.6 Å². The zero-order chi connectivity index (χ0) is 13.5. The van der Waals surface area contributed by atoms with Crippen LogP contribution < -0.4 is 11.6 Å². The first-order chi connectivity index (χ1) is 8.60. The summed E-state index contributed by atoms with van der Waals surface area (Å²) >= 11 is 0. The van der Waals surface area contributed by atoms with E-state index in [2.05, 4.69) is 11.6 Å². The molecule has 1 aromatic rings. The van der Waals surface area contributed by atoms with Crippen molar-refractivity contribution in [2.45, 2.75) is 25.5 Å². The first kappa shape index (κ1) is 14.4. The normalized spacial score (nSPS) is 15.0. The van der Waals surface area contributed by atoms with Gasteiger partial charge in [0.1, 0.15) is 6.10 Å². The maximum absolute atomic E-state index is 9.85. The van der Waals surface area contributed by atoms with Crippen LogP contribution in [0.4, 0.5) is 0 Å². The molecule has 1 rings (SSSR count). The lowest BCUT2D eigenvalue weighted by Gasteiger charge is -2.17. The van der Waals surface area contributed by atoms with Gasteiger partial charge in [-0.3, -0.25) is 0 Å². The van der Waals surface area contributed by atoms with E-state index in [1.54, 1.807) is 12.1 Å². The first-order valence-electron chi connectivity index (χ1n) is 5.73. The standard InChI is InChI=1S/C13H19N3O2/c1-3-11(14)12(17)9(2)16-13(18-15)10-7-5-4-6-8-10/h4-8,11-12,17H,2-3,14-15H2,1H3/t11-,12?/m0/s1. The summed E-state index contributed by atoms with van der Waals surface area (Å²) in [6.45, 7) is 5.56. The number of aliphatic imine (C=N–C) groups is 1. The highest BCUT2D eigenvalue weighted by Crippen LogP contribution is 2.10. The fraction of sp³-hybridized carbons (Fsp3) is 0.308. The van der Waals surface area contributed by atoms with Gasteiger partial charge in [-0.2, -0.15) is 5.90 Å². The Morgan fingerprint density at radius 3 is 2.56 bits per heavy atom. The van der Waals surface area contributed by atoms with Crippen molar-refractivity contribution in [3.63, 3.8) is 0 Å². The van der Waals surface area contributed by atoms with Crippen LogP contribution in [-0.4, -0.2) is 23.2 Å². The smallest absolute Gasteiger partial charge is 0.245 e. The summed E-state index contributed by atoms with van der Waals surface area (Å²) < 4.78 is 0. The van der Waals surface area contributed by atoms with Crippen molar-refractivity contribution in [2.24, 2.45) is 16.6 Å². The Balaban J connectivity index is 2.89. The third-order valence-electron chi connectivity index (χ3n) is 2.60. The molecule has 5 heteroatoms. The summed E-state index contributed by atoms with van der Waals surface area (Å²) in [5.74, 6) is 5.37. The second kappa shape index (κ2) is 6.90. The maximum atomic E-state index is 9.85. The maximum Gasteiger partial charge on any atom is 0.245 e. The summed E-state index contributed by atoms with van der Waals surface area (Å²) in [5, 5.41) is 9.85. The van der Waals surface area contributed by atoms with Gasteiger partial charge in [-0.05, 0) is 18.6 Å². The van der Waals surface area contributed by atoms with Gasteiger partial charge in [0.05, 0.1) is 5.70 Å². The van der Waals surface area contributed by atoms with Crippen LogP contribution in [-0.2, 0) is 4.84 Å². The van der Waals surface area contributed by atoms with Gasteiger partial charge >= 0.3 is 0 Å². The van der Waals surface area contributed by atoms with Crippen molar-refractivity contribution in [3.8, 4) is 0 Å². The van der Waals surface area contributed by atoms with E-state index in [0.717, 1.165) is 0 Å². The lowest BCUT2D eigenvalue weighted by atomic mass is 10.1. The minimum absolute atomic E-state index is 0.197. The first-order valence-corrected chi connectivity index (χ1v) is 5.73. The predicted octanol–water partition coefficient (Wildman–Crippen LogP) is 0.935. The van der Waals surface area contributed by atoms with Gasteiger partial charge in [-0.1, -0.05) is 31.7 Å². The number of hydrogen-bond donors (Lipinski definition) is 3. The molecule has 0 saturated heterocycles. The molecule has 98 valence electrons. The molecule has 5 N–H and O–H groups in total. The highest BCUT2D eigenvalue weighted by molar-refractivity contribution is 5.94. The van der Waals surface area contributed by atoms with Crippen molar-refractivity contribution in [2.75, 3.05) is 0 Å². The van der Waals surface area contributed by atoms with Gasteiger partial charge in [-0.15, -0.1) is 0 Å². The van der Waals surface area contributed by atoms with Gasteiger partial charge in [-0.25, -0.2) is 4.99 Å². The van der Waals surface area contributed by atoms with E-state index in [9.17, 15) is 5.11 Å². The van der Waals surface area contributed by atoms with Crippen molar-refractivity contribution in [1.82, 2.24) is 0 Å². The SMILES string of the molecule is C=C(N=C(ON)c1ccccc1)C(O)[C@@H](N)CC. The number of aliphatic hydroxyl groups is 1. The molecular weight excluding hydrogens is 230 g/mol. The number of benzene rings is 1. The van der Waals surface area contributed by atoms with Crippen LogP contribution in [0.25, 0.3) is 0 Å². The molecule has 0 fully saturated rings. The lowest BCUT2D eigenvalue weighted by Crippen LogP contribution is -2.35. The molecule has 0 radical (unpaired) electrons. The molecule has 0 bridgehead atoms. The highest BCUT2D eigenvalue weighted by Gasteiger charge is 2.17. The molecule has 0 aliphatic heterocycles. The molecule has 2 atom stereocenters. The lowest BCUT2D eigenvalue weighted by molar-refractivity contribution is 0.175. The number of nitrogens with two attached hydrogens (primary N) is 2. The monoisotopic (exact) mass is 249 g/mol. The quantitative estimate of drug-likeness (QED) is 0.411. The predicted molar refractivity (Wildman–Crippen MR) is 71.7 cm³/mol. The average molecular weight is 249 g/mol. The Kier molecular flexibility index (Phi) is 5.51. The summed E-state index contributed by atoms with van der Waals surface area (Å²) in [6, 6.07) is 8.72. The van der Waals surface area contributed by atoms with Gasteiger partial charge in [0.15, 0.2) is 0 Å². The minimum atomic E-state index is -0.913. The molecule has 0 heterocycles. The highest BCUT2D eigenvalue weighted by atomic mass is 16.6. The Bertz CT molecular complexity index is 418. The molecule has 18 heavy (non-hydrogen) atoms. The average Bonchev–Trinajstić information content (AvgIpc) is 2.43. The van der Waals surface area contributed by atoms with Crippen LogP contribution in [0.5, 0.6) is 0 Å². The van der Waals surface area contributed by atoms with E-state index in [1.807, 2.05) is 25.1 Å². The third-order valence-corrected chi connectivity index (χ3v) is 2.60. The Morgan fingerprint density at radius 1 is 1.44 bits per heavy atom. The molecule has 0 amide bonds. The zero-order valence-electron chi connectivity index (χ0n) is 10.4. The molecule has 0 saturated carbocycles. The molecule has 0 aliphatic rings. The summed E-state index contributed by atoms with van der Waals surface area (Å²) in [4.78, 5) is 8.79. The number of nitrogens with zero attached hydrogens (tertiary/aromatic N) is 1. The zero-order valence-corrected chi connectivity index (χ0v) is 10.4. The summed E-state index contributed by atoms with van der Waals surface area (Å²) in [5.41, 5.74) is 6.66. The van der Waals surface area contributed by atoms with Crippen molar-refractivity contribution < 1.29 is 9.94 Å². The van der Waals surface area contributed by atoms with E-state index >= 15 is 0 Å². The number of hydrogen-bond acceptors (Lipinski definition) is 5. The molecule has 1 aromatic carbocycles. The van der Waals surface area contributed by atoms with E-state index in [-0.39, 0.29) is 11.6 Å². The van der Waals surface area contributed by atoms with Crippen molar-refractivity contribution in [1.29, 1.82) is 0 Å². The minimum Gasteiger partial charge on any atom is -0.391 e. The van der Waals surface area contributed by atoms with E-state index < -0.39 is 12.1 Å². The molecule has 0 aromatic heterocycles. The Morgan fingerprint density at radius 2 is 2.06 bits per heavy atom. The molecular formula is C13H19N3O2. The topological polar surface area (TPSA) is 93.9 Å². The summed E-state index contributed by atoms with van der Waals surface area (Å²) in [6.07, 6.45) is -0.288. The van der Waals surface area contributed by atoms with Gasteiger partial charge in [0, 0.05) is 11.6 Å². The van der Waals surface area contributed by atoms with Crippen LogP contribution in [0.3, 0.4) is 0 Å². The van der Waals surface area contributed by atoms with E-state index in [4.69, 9.17) is 16.5 Å². The van der Waals surface area contributed by atoms with Crippen molar-refractivity contribution >= 4 is 5.90 Å². The second-order valence-electron chi connectivity index (χ2n) is 3.91. The Hall–Kier alpha value is -1.69.